The van der Waals surface area contributed by atoms with Crippen molar-refractivity contribution in [3.8, 4) is 11.5 Å². The standard InChI is InChI=1S/C17H22N4O4S/c1-3-7-21-16(23)18-19-17(21)26-10-15(22)20(4-2)9-12-5-6-13-14(8-12)25-11-24-13/h5-6,8H,3-4,7,9-11H2,1-2H3,(H,18,23). The maximum atomic E-state index is 12.6. The van der Waals surface area contributed by atoms with Crippen molar-refractivity contribution >= 4 is 17.7 Å². The van der Waals surface area contributed by atoms with Crippen LogP contribution in [0.15, 0.2) is 28.2 Å². The van der Waals surface area contributed by atoms with Crippen LogP contribution in [0.1, 0.15) is 25.8 Å². The van der Waals surface area contributed by atoms with Gasteiger partial charge in [-0.2, -0.15) is 0 Å². The van der Waals surface area contributed by atoms with Crippen molar-refractivity contribution in [2.45, 2.75) is 38.5 Å². The van der Waals surface area contributed by atoms with Crippen LogP contribution < -0.4 is 15.2 Å². The zero-order valence-corrected chi connectivity index (χ0v) is 15.7. The summed E-state index contributed by atoms with van der Waals surface area (Å²) in [4.78, 5) is 26.1. The van der Waals surface area contributed by atoms with Gasteiger partial charge >= 0.3 is 5.69 Å². The molecule has 9 heteroatoms. The first kappa shape index (κ1) is 18.4. The molecule has 2 aromatic rings. The molecular formula is C17H22N4O4S. The van der Waals surface area contributed by atoms with Crippen LogP contribution in [0.5, 0.6) is 11.5 Å². The summed E-state index contributed by atoms with van der Waals surface area (Å²) < 4.78 is 12.3. The minimum Gasteiger partial charge on any atom is -0.454 e. The molecule has 0 bridgehead atoms. The number of carbonyl (C=O) groups excluding carboxylic acids is 1. The number of H-pyrrole nitrogens is 1. The highest BCUT2D eigenvalue weighted by atomic mass is 32.2. The average molecular weight is 378 g/mol. The fourth-order valence-corrected chi connectivity index (χ4v) is 3.56. The highest BCUT2D eigenvalue weighted by Gasteiger charge is 2.18. The van der Waals surface area contributed by atoms with Gasteiger partial charge in [-0.05, 0) is 31.0 Å². The smallest absolute Gasteiger partial charge is 0.343 e. The van der Waals surface area contributed by atoms with E-state index in [0.717, 1.165) is 17.7 Å². The van der Waals surface area contributed by atoms with E-state index in [1.807, 2.05) is 32.0 Å². The van der Waals surface area contributed by atoms with E-state index >= 15 is 0 Å². The van der Waals surface area contributed by atoms with Crippen LogP contribution in [0, 0.1) is 0 Å². The van der Waals surface area contributed by atoms with Gasteiger partial charge in [0, 0.05) is 19.6 Å². The van der Waals surface area contributed by atoms with Crippen molar-refractivity contribution in [1.29, 1.82) is 0 Å². The third-order valence-corrected chi connectivity index (χ3v) is 5.00. The lowest BCUT2D eigenvalue weighted by molar-refractivity contribution is -0.128. The summed E-state index contributed by atoms with van der Waals surface area (Å²) in [5.41, 5.74) is 0.742. The van der Waals surface area contributed by atoms with Gasteiger partial charge in [-0.25, -0.2) is 9.89 Å². The summed E-state index contributed by atoms with van der Waals surface area (Å²) in [5, 5.41) is 6.99. The Labute approximate surface area is 155 Å². The summed E-state index contributed by atoms with van der Waals surface area (Å²) >= 11 is 1.28. The second kappa shape index (κ2) is 8.31. The number of nitrogens with one attached hydrogen (secondary N) is 1. The Kier molecular flexibility index (Phi) is 5.87. The third-order valence-electron chi connectivity index (χ3n) is 4.04. The van der Waals surface area contributed by atoms with Gasteiger partial charge in [0.1, 0.15) is 0 Å². The summed E-state index contributed by atoms with van der Waals surface area (Å²) in [6.45, 7) is 5.83. The van der Waals surface area contributed by atoms with Gasteiger partial charge < -0.3 is 14.4 Å². The van der Waals surface area contributed by atoms with Gasteiger partial charge in [-0.3, -0.25) is 9.36 Å². The number of amides is 1. The maximum absolute atomic E-state index is 12.6. The molecular weight excluding hydrogens is 356 g/mol. The number of benzene rings is 1. The summed E-state index contributed by atoms with van der Waals surface area (Å²) in [6, 6.07) is 5.69. The molecule has 0 unspecified atom stereocenters. The van der Waals surface area contributed by atoms with Crippen LogP contribution in [0.3, 0.4) is 0 Å². The van der Waals surface area contributed by atoms with Crippen LogP contribution in [-0.4, -0.2) is 44.7 Å². The Morgan fingerprint density at radius 3 is 2.92 bits per heavy atom. The molecule has 1 N–H and O–H groups in total. The van der Waals surface area contributed by atoms with E-state index in [1.54, 1.807) is 9.47 Å². The predicted octanol–water partition coefficient (Wildman–Crippen LogP) is 1.85. The Morgan fingerprint density at radius 1 is 1.35 bits per heavy atom. The molecule has 1 aliphatic heterocycles. The van der Waals surface area contributed by atoms with Crippen LogP contribution >= 0.6 is 11.8 Å². The fourth-order valence-electron chi connectivity index (χ4n) is 2.69. The Hall–Kier alpha value is -2.42. The minimum atomic E-state index is -0.241. The molecule has 140 valence electrons. The van der Waals surface area contributed by atoms with Crippen LogP contribution in [0.4, 0.5) is 0 Å². The second-order valence-corrected chi connectivity index (χ2v) is 6.79. The fraction of sp³-hybridized carbons (Fsp3) is 0.471. The van der Waals surface area contributed by atoms with Crippen LogP contribution in [0.25, 0.3) is 0 Å². The highest BCUT2D eigenvalue weighted by molar-refractivity contribution is 7.99. The molecule has 0 fully saturated rings. The largest absolute Gasteiger partial charge is 0.454 e. The number of fused-ring (bicyclic) bond motifs is 1. The molecule has 0 spiro atoms. The lowest BCUT2D eigenvalue weighted by Gasteiger charge is -2.21. The zero-order chi connectivity index (χ0) is 18.5. The first-order valence-electron chi connectivity index (χ1n) is 8.56. The van der Waals surface area contributed by atoms with Crippen molar-refractivity contribution in [1.82, 2.24) is 19.7 Å². The van der Waals surface area contributed by atoms with Crippen molar-refractivity contribution in [2.24, 2.45) is 0 Å². The van der Waals surface area contributed by atoms with Crippen molar-refractivity contribution < 1.29 is 14.3 Å². The van der Waals surface area contributed by atoms with E-state index in [2.05, 4.69) is 10.2 Å². The summed E-state index contributed by atoms with van der Waals surface area (Å²) in [6.07, 6.45) is 0.826. The average Bonchev–Trinajstić information content (AvgIpc) is 3.25. The van der Waals surface area contributed by atoms with Gasteiger partial charge in [0.15, 0.2) is 16.7 Å². The van der Waals surface area contributed by atoms with E-state index < -0.39 is 0 Å². The summed E-state index contributed by atoms with van der Waals surface area (Å²) in [7, 11) is 0. The van der Waals surface area contributed by atoms with Crippen molar-refractivity contribution in [3.63, 3.8) is 0 Å². The topological polar surface area (TPSA) is 89.4 Å². The molecule has 1 amide bonds. The first-order chi connectivity index (χ1) is 12.6. The number of aromatic amines is 1. The van der Waals surface area contributed by atoms with Gasteiger partial charge in [0.25, 0.3) is 0 Å². The number of aromatic nitrogens is 3. The molecule has 1 aromatic heterocycles. The SMILES string of the molecule is CCCn1c(SCC(=O)N(CC)Cc2ccc3c(c2)OCO3)n[nH]c1=O. The number of hydrogen-bond donors (Lipinski definition) is 1. The Balaban J connectivity index is 1.61. The second-order valence-electron chi connectivity index (χ2n) is 5.85. The number of thioether (sulfide) groups is 1. The molecule has 0 radical (unpaired) electrons. The molecule has 26 heavy (non-hydrogen) atoms. The van der Waals surface area contributed by atoms with E-state index in [9.17, 15) is 9.59 Å². The van der Waals surface area contributed by atoms with E-state index in [1.165, 1.54) is 11.8 Å². The number of hydrogen-bond acceptors (Lipinski definition) is 6. The number of ether oxygens (including phenoxy) is 2. The van der Waals surface area contributed by atoms with Crippen molar-refractivity contribution in [3.05, 3.63) is 34.2 Å². The van der Waals surface area contributed by atoms with E-state index in [-0.39, 0.29) is 24.1 Å². The van der Waals surface area contributed by atoms with Gasteiger partial charge in [-0.1, -0.05) is 24.8 Å². The quantitative estimate of drug-likeness (QED) is 0.705. The predicted molar refractivity (Wildman–Crippen MR) is 97.5 cm³/mol. The molecule has 0 atom stereocenters. The van der Waals surface area contributed by atoms with Crippen LogP contribution in [-0.2, 0) is 17.9 Å². The molecule has 0 saturated heterocycles. The van der Waals surface area contributed by atoms with Crippen LogP contribution in [0.2, 0.25) is 0 Å². The number of carbonyl (C=O) groups is 1. The molecule has 8 nitrogen and oxygen atoms in total. The number of nitrogens with zero attached hydrogens (tertiary/aromatic N) is 3. The molecule has 2 heterocycles. The lowest BCUT2D eigenvalue weighted by Crippen LogP contribution is -2.31. The molecule has 0 aliphatic carbocycles. The molecule has 1 aliphatic rings. The summed E-state index contributed by atoms with van der Waals surface area (Å²) in [5.74, 6) is 1.66. The zero-order valence-electron chi connectivity index (χ0n) is 14.9. The maximum Gasteiger partial charge on any atom is 0.343 e. The van der Waals surface area contributed by atoms with Gasteiger partial charge in [-0.15, -0.1) is 5.10 Å². The normalized spacial score (nSPS) is 12.4. The van der Waals surface area contributed by atoms with Gasteiger partial charge in [0.2, 0.25) is 12.7 Å². The molecule has 3 rings (SSSR count). The van der Waals surface area contributed by atoms with Gasteiger partial charge in [0.05, 0.1) is 5.75 Å². The number of rotatable bonds is 8. The Bertz CT molecular complexity index is 832. The first-order valence-corrected chi connectivity index (χ1v) is 9.55. The van der Waals surface area contributed by atoms with E-state index in [0.29, 0.717) is 30.5 Å². The monoisotopic (exact) mass is 378 g/mol. The molecule has 0 saturated carbocycles. The molecule has 1 aromatic carbocycles. The minimum absolute atomic E-state index is 0.00587. The third kappa shape index (κ3) is 4.04. The van der Waals surface area contributed by atoms with E-state index in [4.69, 9.17) is 9.47 Å². The van der Waals surface area contributed by atoms with Crippen molar-refractivity contribution in [2.75, 3.05) is 19.1 Å². The Morgan fingerprint density at radius 2 is 2.15 bits per heavy atom. The lowest BCUT2D eigenvalue weighted by atomic mass is 10.2. The highest BCUT2D eigenvalue weighted by Crippen LogP contribution is 2.32.